The van der Waals surface area contributed by atoms with Gasteiger partial charge in [0.1, 0.15) is 11.6 Å². The number of alkyl halides is 2. The monoisotopic (exact) mass is 646 g/mol. The molecule has 1 saturated heterocycles. The molecular formula is C33H33F3N8OS. The van der Waals surface area contributed by atoms with Gasteiger partial charge in [0, 0.05) is 72.4 Å². The van der Waals surface area contributed by atoms with Gasteiger partial charge in [0.05, 0.1) is 46.5 Å². The van der Waals surface area contributed by atoms with Crippen molar-refractivity contribution >= 4 is 28.4 Å². The molecule has 0 amide bonds. The van der Waals surface area contributed by atoms with Crippen LogP contribution in [-0.4, -0.2) is 52.0 Å². The number of aliphatic imine (C=N–C) groups is 1. The quantitative estimate of drug-likeness (QED) is 0.198. The predicted molar refractivity (Wildman–Crippen MR) is 173 cm³/mol. The van der Waals surface area contributed by atoms with Crippen molar-refractivity contribution in [2.24, 2.45) is 10.7 Å². The maximum atomic E-state index is 16.5. The van der Waals surface area contributed by atoms with E-state index in [0.717, 1.165) is 10.5 Å². The number of hydrogen-bond donors (Lipinski definition) is 4. The van der Waals surface area contributed by atoms with E-state index < -0.39 is 11.7 Å². The molecule has 3 aliphatic rings. The number of fused-ring (bicyclic) bond motifs is 1. The Hall–Kier alpha value is -4.59. The van der Waals surface area contributed by atoms with Crippen LogP contribution in [0, 0.1) is 5.82 Å². The Balaban J connectivity index is 1.31. The first-order chi connectivity index (χ1) is 22.1. The van der Waals surface area contributed by atoms with E-state index in [1.165, 1.54) is 30.7 Å². The van der Waals surface area contributed by atoms with Gasteiger partial charge in [-0.3, -0.25) is 30.0 Å². The van der Waals surface area contributed by atoms with Gasteiger partial charge in [-0.25, -0.2) is 13.2 Å². The number of thiophene rings is 1. The van der Waals surface area contributed by atoms with E-state index in [0.29, 0.717) is 51.2 Å². The van der Waals surface area contributed by atoms with Gasteiger partial charge in [-0.2, -0.15) is 0 Å². The Bertz CT molecular complexity index is 1840. The molecule has 1 fully saturated rings. The lowest BCUT2D eigenvalue weighted by atomic mass is 9.98. The molecule has 0 atom stereocenters. The Kier molecular flexibility index (Phi) is 8.89. The maximum absolute atomic E-state index is 16.5. The number of halogens is 3. The van der Waals surface area contributed by atoms with Gasteiger partial charge in [-0.05, 0) is 37.6 Å². The summed E-state index contributed by atoms with van der Waals surface area (Å²) < 4.78 is 44.0. The molecule has 46 heavy (non-hydrogen) atoms. The van der Waals surface area contributed by atoms with Crippen LogP contribution in [0.3, 0.4) is 0 Å². The first kappa shape index (κ1) is 31.4. The molecule has 0 spiro atoms. The van der Waals surface area contributed by atoms with Gasteiger partial charge in [0.15, 0.2) is 5.78 Å². The van der Waals surface area contributed by atoms with Gasteiger partial charge >= 0.3 is 0 Å². The van der Waals surface area contributed by atoms with Crippen LogP contribution < -0.4 is 21.7 Å². The Morgan fingerprint density at radius 2 is 2.04 bits per heavy atom. The second-order valence-corrected chi connectivity index (χ2v) is 12.3. The fourth-order valence-corrected chi connectivity index (χ4v) is 6.53. The van der Waals surface area contributed by atoms with Crippen molar-refractivity contribution in [3.8, 4) is 11.1 Å². The van der Waals surface area contributed by atoms with Crippen molar-refractivity contribution in [3.05, 3.63) is 111 Å². The van der Waals surface area contributed by atoms with E-state index in [9.17, 15) is 13.6 Å². The van der Waals surface area contributed by atoms with E-state index in [4.69, 9.17) is 5.73 Å². The second-order valence-electron chi connectivity index (χ2n) is 11.2. The van der Waals surface area contributed by atoms with Crippen LogP contribution >= 0.6 is 11.3 Å². The molecule has 5 N–H and O–H groups in total. The number of nitrogens with two attached hydrogens (primary N) is 1. The summed E-state index contributed by atoms with van der Waals surface area (Å²) in [6.07, 6.45) is 11.8. The fourth-order valence-electron chi connectivity index (χ4n) is 5.60. The molecule has 6 heterocycles. The number of nitrogens with zero attached hydrogens (tertiary/aromatic N) is 4. The molecule has 0 unspecified atom stereocenters. The number of hydrogen-bond acceptors (Lipinski definition) is 10. The van der Waals surface area contributed by atoms with Gasteiger partial charge in [-0.15, -0.1) is 11.3 Å². The maximum Gasteiger partial charge on any atom is 0.261 e. The third-order valence-corrected chi connectivity index (χ3v) is 9.05. The first-order valence-electron chi connectivity index (χ1n) is 14.8. The van der Waals surface area contributed by atoms with Crippen LogP contribution in [0.5, 0.6) is 0 Å². The average molecular weight is 647 g/mol. The van der Waals surface area contributed by atoms with E-state index in [1.807, 2.05) is 31.2 Å². The minimum Gasteiger partial charge on any atom is -0.384 e. The van der Waals surface area contributed by atoms with Crippen LogP contribution in [0.2, 0.25) is 0 Å². The highest BCUT2D eigenvalue weighted by Crippen LogP contribution is 2.33. The molecule has 0 aliphatic carbocycles. The number of allylic oxidation sites excluding steroid dienone is 5. The minimum atomic E-state index is -2.70. The molecule has 3 aromatic heterocycles. The molecule has 0 bridgehead atoms. The van der Waals surface area contributed by atoms with Gasteiger partial charge < -0.3 is 16.4 Å². The first-order valence-corrected chi connectivity index (χ1v) is 15.6. The summed E-state index contributed by atoms with van der Waals surface area (Å²) >= 11 is 1.37. The lowest BCUT2D eigenvalue weighted by Crippen LogP contribution is -2.35. The standard InChI is InChI=1S/C33H33F3N8OS/c1-3-4-5-22(27-7-6-26(46-27)19(2)45)30-32(37)43-25(15-41-30)31-28-24(14-39-18-42-31)40-13-23(29(28)34)21-10-20(11-38-12-21)16-44-9-8-33(35,36)17-44/h3-7,10-13,15,39,41,43H,8-9,14,16-18,37H2,1-2H3/b4-3-,22-5-. The molecular weight excluding hydrogens is 613 g/mol. The second kappa shape index (κ2) is 13.0. The number of nitrogens with one attached hydrogen (secondary N) is 3. The van der Waals surface area contributed by atoms with Crippen molar-refractivity contribution in [2.45, 2.75) is 39.3 Å². The van der Waals surface area contributed by atoms with Crippen LogP contribution in [0.1, 0.15) is 51.6 Å². The number of carbonyl (C=O) groups excluding carboxylic acids is 1. The summed E-state index contributed by atoms with van der Waals surface area (Å²) in [5.74, 6) is -2.96. The summed E-state index contributed by atoms with van der Waals surface area (Å²) in [5.41, 5.74) is 10.8. The van der Waals surface area contributed by atoms with Crippen LogP contribution in [0.4, 0.5) is 13.2 Å². The van der Waals surface area contributed by atoms with Crippen LogP contribution in [0.15, 0.2) is 83.4 Å². The lowest BCUT2D eigenvalue weighted by molar-refractivity contribution is 0.0115. The van der Waals surface area contributed by atoms with Crippen molar-refractivity contribution in [1.29, 1.82) is 0 Å². The highest BCUT2D eigenvalue weighted by molar-refractivity contribution is 7.15. The van der Waals surface area contributed by atoms with E-state index in [1.54, 1.807) is 29.4 Å². The zero-order valence-corrected chi connectivity index (χ0v) is 26.1. The largest absolute Gasteiger partial charge is 0.384 e. The number of rotatable bonds is 8. The van der Waals surface area contributed by atoms with Crippen molar-refractivity contribution in [2.75, 3.05) is 19.8 Å². The third kappa shape index (κ3) is 6.52. The number of Topliss-reactive ketones (excluding diaryl/α,β-unsaturated/α-hetero) is 1. The SMILES string of the molecule is C/C=C\C=C(/C1=C(N)NC(C2=NCNCc3ncc(-c4cncc(CN5CCC(F)(F)C5)c4)c(F)c32)=CN1)c1ccc(C(C)=O)s1. The summed E-state index contributed by atoms with van der Waals surface area (Å²) in [7, 11) is 0. The normalized spacial score (nSPS) is 18.5. The van der Waals surface area contributed by atoms with E-state index >= 15 is 4.39 Å². The predicted octanol–water partition coefficient (Wildman–Crippen LogP) is 5.06. The highest BCUT2D eigenvalue weighted by atomic mass is 32.1. The number of aromatic nitrogens is 2. The van der Waals surface area contributed by atoms with Gasteiger partial charge in [0.2, 0.25) is 0 Å². The smallest absolute Gasteiger partial charge is 0.261 e. The third-order valence-electron chi connectivity index (χ3n) is 7.83. The fraction of sp³-hybridized carbons (Fsp3) is 0.273. The Morgan fingerprint density at radius 1 is 1.22 bits per heavy atom. The molecule has 0 radical (unpaired) electrons. The number of carbonyl (C=O) groups is 1. The van der Waals surface area contributed by atoms with E-state index in [-0.39, 0.29) is 49.6 Å². The number of likely N-dealkylation sites (tertiary alicyclic amines) is 1. The summed E-state index contributed by atoms with van der Waals surface area (Å²) in [6, 6.07) is 5.42. The topological polar surface area (TPSA) is 121 Å². The minimum absolute atomic E-state index is 0.0205. The molecule has 3 aliphatic heterocycles. The van der Waals surface area contributed by atoms with Crippen molar-refractivity contribution in [3.63, 3.8) is 0 Å². The van der Waals surface area contributed by atoms with E-state index in [2.05, 4.69) is 30.9 Å². The Labute approximate surface area is 268 Å². The van der Waals surface area contributed by atoms with Crippen LogP contribution in [-0.2, 0) is 13.1 Å². The summed E-state index contributed by atoms with van der Waals surface area (Å²) in [4.78, 5) is 28.6. The van der Waals surface area contributed by atoms with Gasteiger partial charge in [0.25, 0.3) is 5.92 Å². The number of ketones is 1. The van der Waals surface area contributed by atoms with Crippen molar-refractivity contribution < 1.29 is 18.0 Å². The molecule has 6 rings (SSSR count). The molecule has 3 aromatic rings. The molecule has 238 valence electrons. The zero-order valence-electron chi connectivity index (χ0n) is 25.3. The van der Waals surface area contributed by atoms with Crippen molar-refractivity contribution in [1.82, 2.24) is 30.8 Å². The average Bonchev–Trinajstić information content (AvgIpc) is 3.58. The lowest BCUT2D eigenvalue weighted by Gasteiger charge is -2.24. The summed E-state index contributed by atoms with van der Waals surface area (Å²) in [6.45, 7) is 4.21. The number of pyridine rings is 2. The Morgan fingerprint density at radius 3 is 2.76 bits per heavy atom. The van der Waals surface area contributed by atoms with Crippen LogP contribution in [0.25, 0.3) is 16.7 Å². The molecule has 0 saturated carbocycles. The molecule has 13 heteroatoms. The highest BCUT2D eigenvalue weighted by Gasteiger charge is 2.38. The summed E-state index contributed by atoms with van der Waals surface area (Å²) in [5, 5.41) is 9.62. The zero-order chi connectivity index (χ0) is 32.4. The molecule has 9 nitrogen and oxygen atoms in total. The van der Waals surface area contributed by atoms with Gasteiger partial charge in [-0.1, -0.05) is 18.2 Å². The molecule has 0 aromatic carbocycles.